The predicted molar refractivity (Wildman–Crippen MR) is 72.4 cm³/mol. The molecule has 2 aromatic rings. The maximum Gasteiger partial charge on any atom is 0.269 e. The minimum atomic E-state index is -0.432. The number of nitro groups is 1. The Labute approximate surface area is 111 Å². The largest absolute Gasteiger partial charge is 0.457 e. The molecule has 0 amide bonds. The molecule has 0 saturated heterocycles. The fraction of sp³-hybridized carbons (Fsp3) is 0.143. The lowest BCUT2D eigenvalue weighted by Crippen LogP contribution is -2.06. The van der Waals surface area contributed by atoms with E-state index in [1.807, 2.05) is 31.3 Å². The second kappa shape index (κ2) is 5.97. The van der Waals surface area contributed by atoms with Crippen molar-refractivity contribution in [2.75, 3.05) is 7.05 Å². The van der Waals surface area contributed by atoms with Crippen LogP contribution < -0.4 is 10.1 Å². The third-order valence-electron chi connectivity index (χ3n) is 2.62. The van der Waals surface area contributed by atoms with E-state index in [2.05, 4.69) is 5.32 Å². The Balaban J connectivity index is 2.19. The topological polar surface area (TPSA) is 64.4 Å². The molecule has 0 spiro atoms. The van der Waals surface area contributed by atoms with Gasteiger partial charge in [0.1, 0.15) is 11.5 Å². The fourth-order valence-corrected chi connectivity index (χ4v) is 1.70. The third kappa shape index (κ3) is 3.29. The molecule has 0 unspecified atom stereocenters. The number of hydrogen-bond acceptors (Lipinski definition) is 4. The summed E-state index contributed by atoms with van der Waals surface area (Å²) in [5.41, 5.74) is 1.08. The van der Waals surface area contributed by atoms with Gasteiger partial charge < -0.3 is 10.1 Å². The van der Waals surface area contributed by atoms with Crippen LogP contribution in [0.1, 0.15) is 5.56 Å². The van der Waals surface area contributed by atoms with Crippen LogP contribution in [0.15, 0.2) is 48.5 Å². The number of para-hydroxylation sites is 1. The van der Waals surface area contributed by atoms with Crippen molar-refractivity contribution in [2.45, 2.75) is 6.54 Å². The van der Waals surface area contributed by atoms with Crippen molar-refractivity contribution in [2.24, 2.45) is 0 Å². The van der Waals surface area contributed by atoms with Gasteiger partial charge in [0.15, 0.2) is 0 Å². The molecule has 98 valence electrons. The molecule has 0 aliphatic heterocycles. The first-order valence-corrected chi connectivity index (χ1v) is 5.85. The van der Waals surface area contributed by atoms with Crippen molar-refractivity contribution in [1.29, 1.82) is 0 Å². The van der Waals surface area contributed by atoms with E-state index in [0.29, 0.717) is 12.3 Å². The summed E-state index contributed by atoms with van der Waals surface area (Å²) < 4.78 is 5.73. The highest BCUT2D eigenvalue weighted by Crippen LogP contribution is 2.26. The van der Waals surface area contributed by atoms with Crippen LogP contribution in [-0.4, -0.2) is 12.0 Å². The SMILES string of the molecule is CNCc1ccccc1Oc1ccc([N+](=O)[O-])cc1. The lowest BCUT2D eigenvalue weighted by Gasteiger charge is -2.10. The quantitative estimate of drug-likeness (QED) is 0.661. The van der Waals surface area contributed by atoms with E-state index >= 15 is 0 Å². The second-order valence-corrected chi connectivity index (χ2v) is 3.99. The summed E-state index contributed by atoms with van der Waals surface area (Å²) in [5, 5.41) is 13.6. The number of nitrogens with zero attached hydrogens (tertiary/aromatic N) is 1. The van der Waals surface area contributed by atoms with Crippen LogP contribution in [0.2, 0.25) is 0 Å². The molecule has 19 heavy (non-hydrogen) atoms. The molecule has 0 heterocycles. The summed E-state index contributed by atoms with van der Waals surface area (Å²) in [6.45, 7) is 0.698. The fourth-order valence-electron chi connectivity index (χ4n) is 1.70. The Hall–Kier alpha value is -2.40. The Morgan fingerprint density at radius 2 is 1.84 bits per heavy atom. The Bertz CT molecular complexity index is 567. The Morgan fingerprint density at radius 3 is 2.47 bits per heavy atom. The van der Waals surface area contributed by atoms with Gasteiger partial charge in [-0.15, -0.1) is 0 Å². The molecule has 0 radical (unpaired) electrons. The molecule has 1 N–H and O–H groups in total. The van der Waals surface area contributed by atoms with Gasteiger partial charge in [-0.25, -0.2) is 0 Å². The molecule has 0 aliphatic rings. The van der Waals surface area contributed by atoms with Gasteiger partial charge in [-0.3, -0.25) is 10.1 Å². The van der Waals surface area contributed by atoms with E-state index < -0.39 is 4.92 Å². The van der Waals surface area contributed by atoms with E-state index in [4.69, 9.17) is 4.74 Å². The zero-order valence-corrected chi connectivity index (χ0v) is 10.5. The minimum Gasteiger partial charge on any atom is -0.457 e. The molecule has 0 aliphatic carbocycles. The van der Waals surface area contributed by atoms with Crippen LogP contribution in [0.4, 0.5) is 5.69 Å². The van der Waals surface area contributed by atoms with Gasteiger partial charge in [0, 0.05) is 24.2 Å². The Kier molecular flexibility index (Phi) is 4.10. The molecular formula is C14H14N2O3. The number of ether oxygens (including phenoxy) is 1. The first kappa shape index (κ1) is 13.0. The van der Waals surface area contributed by atoms with Crippen molar-refractivity contribution in [3.05, 3.63) is 64.2 Å². The number of rotatable bonds is 5. The monoisotopic (exact) mass is 258 g/mol. The molecule has 0 aromatic heterocycles. The number of benzene rings is 2. The summed E-state index contributed by atoms with van der Waals surface area (Å²) in [6, 6.07) is 13.7. The van der Waals surface area contributed by atoms with Gasteiger partial charge in [0.2, 0.25) is 0 Å². The lowest BCUT2D eigenvalue weighted by atomic mass is 10.2. The van der Waals surface area contributed by atoms with E-state index in [0.717, 1.165) is 11.3 Å². The second-order valence-electron chi connectivity index (χ2n) is 3.99. The highest BCUT2D eigenvalue weighted by molar-refractivity contribution is 5.41. The maximum atomic E-state index is 10.6. The summed E-state index contributed by atoms with van der Waals surface area (Å²) >= 11 is 0. The average Bonchev–Trinajstić information content (AvgIpc) is 2.42. The van der Waals surface area contributed by atoms with Gasteiger partial charge in [0.05, 0.1) is 4.92 Å². The van der Waals surface area contributed by atoms with Crippen molar-refractivity contribution in [1.82, 2.24) is 5.32 Å². The summed E-state index contributed by atoms with van der Waals surface area (Å²) in [5.74, 6) is 1.32. The average molecular weight is 258 g/mol. The maximum absolute atomic E-state index is 10.6. The zero-order chi connectivity index (χ0) is 13.7. The minimum absolute atomic E-state index is 0.0517. The molecule has 0 fully saturated rings. The van der Waals surface area contributed by atoms with Gasteiger partial charge in [-0.05, 0) is 25.2 Å². The summed E-state index contributed by atoms with van der Waals surface area (Å²) in [7, 11) is 1.86. The van der Waals surface area contributed by atoms with Crippen molar-refractivity contribution >= 4 is 5.69 Å². The number of non-ortho nitro benzene ring substituents is 1. The normalized spacial score (nSPS) is 10.2. The van der Waals surface area contributed by atoms with Gasteiger partial charge in [0.25, 0.3) is 5.69 Å². The molecule has 2 rings (SSSR count). The summed E-state index contributed by atoms with van der Waals surface area (Å²) in [4.78, 5) is 10.1. The molecular weight excluding hydrogens is 244 g/mol. The van der Waals surface area contributed by atoms with Gasteiger partial charge in [-0.2, -0.15) is 0 Å². The first-order valence-electron chi connectivity index (χ1n) is 5.85. The highest BCUT2D eigenvalue weighted by Gasteiger charge is 2.07. The Morgan fingerprint density at radius 1 is 1.16 bits per heavy atom. The van der Waals surface area contributed by atoms with Crippen LogP contribution in [0.3, 0.4) is 0 Å². The van der Waals surface area contributed by atoms with Crippen LogP contribution in [0.25, 0.3) is 0 Å². The molecule has 5 heteroatoms. The molecule has 2 aromatic carbocycles. The van der Waals surface area contributed by atoms with Crippen LogP contribution in [-0.2, 0) is 6.54 Å². The summed E-state index contributed by atoms with van der Waals surface area (Å²) in [6.07, 6.45) is 0. The molecule has 0 bridgehead atoms. The van der Waals surface area contributed by atoms with Crippen LogP contribution >= 0.6 is 0 Å². The smallest absolute Gasteiger partial charge is 0.269 e. The van der Waals surface area contributed by atoms with Crippen molar-refractivity contribution in [3.63, 3.8) is 0 Å². The predicted octanol–water partition coefficient (Wildman–Crippen LogP) is 3.11. The van der Waals surface area contributed by atoms with Crippen molar-refractivity contribution in [3.8, 4) is 11.5 Å². The highest BCUT2D eigenvalue weighted by atomic mass is 16.6. The van der Waals surface area contributed by atoms with Crippen LogP contribution in [0, 0.1) is 10.1 Å². The number of nitro benzene ring substituents is 1. The van der Waals surface area contributed by atoms with E-state index in [-0.39, 0.29) is 5.69 Å². The van der Waals surface area contributed by atoms with Crippen LogP contribution in [0.5, 0.6) is 11.5 Å². The van der Waals surface area contributed by atoms with E-state index in [9.17, 15) is 10.1 Å². The number of nitrogens with one attached hydrogen (secondary N) is 1. The zero-order valence-electron chi connectivity index (χ0n) is 10.5. The third-order valence-corrected chi connectivity index (χ3v) is 2.62. The number of hydrogen-bond donors (Lipinski definition) is 1. The first-order chi connectivity index (χ1) is 9.20. The van der Waals surface area contributed by atoms with E-state index in [1.54, 1.807) is 12.1 Å². The van der Waals surface area contributed by atoms with Gasteiger partial charge in [-0.1, -0.05) is 18.2 Å². The molecule has 0 atom stereocenters. The molecule has 5 nitrogen and oxygen atoms in total. The molecule has 0 saturated carbocycles. The van der Waals surface area contributed by atoms with Crippen molar-refractivity contribution < 1.29 is 9.66 Å². The standard InChI is InChI=1S/C14H14N2O3/c1-15-10-11-4-2-3-5-14(11)19-13-8-6-12(7-9-13)16(17)18/h2-9,15H,10H2,1H3. The van der Waals surface area contributed by atoms with E-state index in [1.165, 1.54) is 12.1 Å². The van der Waals surface area contributed by atoms with Gasteiger partial charge >= 0.3 is 0 Å². The lowest BCUT2D eigenvalue weighted by molar-refractivity contribution is -0.384.